The van der Waals surface area contributed by atoms with E-state index in [4.69, 9.17) is 0 Å². The normalized spacial score (nSPS) is 15.0. The van der Waals surface area contributed by atoms with E-state index in [0.717, 1.165) is 30.9 Å². The van der Waals surface area contributed by atoms with Crippen molar-refractivity contribution in [2.75, 3.05) is 32.7 Å². The molecule has 6 heteroatoms. The van der Waals surface area contributed by atoms with Crippen molar-refractivity contribution in [3.63, 3.8) is 0 Å². The van der Waals surface area contributed by atoms with Crippen LogP contribution >= 0.6 is 0 Å². The van der Waals surface area contributed by atoms with Crippen molar-refractivity contribution in [2.24, 2.45) is 0 Å². The molecule has 5 nitrogen and oxygen atoms in total. The molecular formula is C22H23FN4O. The summed E-state index contributed by atoms with van der Waals surface area (Å²) in [5, 5.41) is 4.66. The van der Waals surface area contributed by atoms with E-state index in [0.29, 0.717) is 24.5 Å². The van der Waals surface area contributed by atoms with Crippen LogP contribution in [0, 0.1) is 5.82 Å². The summed E-state index contributed by atoms with van der Waals surface area (Å²) in [7, 11) is 0. The van der Waals surface area contributed by atoms with Gasteiger partial charge in [0, 0.05) is 31.7 Å². The quantitative estimate of drug-likeness (QED) is 0.698. The average Bonchev–Trinajstić information content (AvgIpc) is 3.20. The van der Waals surface area contributed by atoms with Crippen molar-refractivity contribution in [1.82, 2.24) is 19.6 Å². The summed E-state index contributed by atoms with van der Waals surface area (Å²) in [5.41, 5.74) is 2.78. The van der Waals surface area contributed by atoms with Gasteiger partial charge in [0.05, 0.1) is 11.4 Å². The van der Waals surface area contributed by atoms with Gasteiger partial charge < -0.3 is 9.80 Å². The number of halogens is 1. The van der Waals surface area contributed by atoms with Crippen LogP contribution in [-0.2, 0) is 0 Å². The van der Waals surface area contributed by atoms with Crippen molar-refractivity contribution in [3.05, 3.63) is 72.2 Å². The van der Waals surface area contributed by atoms with Crippen LogP contribution in [-0.4, -0.2) is 58.2 Å². The molecule has 1 saturated heterocycles. The molecule has 0 atom stereocenters. The number of carbonyl (C=O) groups excluding carboxylic acids is 1. The topological polar surface area (TPSA) is 41.4 Å². The molecule has 28 heavy (non-hydrogen) atoms. The largest absolute Gasteiger partial charge is 0.335 e. The first kappa shape index (κ1) is 18.4. The zero-order valence-electron chi connectivity index (χ0n) is 15.9. The number of hydrogen-bond donors (Lipinski definition) is 0. The number of amides is 1. The number of benzene rings is 2. The van der Waals surface area contributed by atoms with Crippen LogP contribution in [0.5, 0.6) is 0 Å². The molecule has 3 aromatic rings. The Morgan fingerprint density at radius 2 is 1.68 bits per heavy atom. The van der Waals surface area contributed by atoms with Gasteiger partial charge in [0.1, 0.15) is 11.5 Å². The molecule has 1 aliphatic heterocycles. The first-order valence-corrected chi connectivity index (χ1v) is 9.59. The van der Waals surface area contributed by atoms with E-state index in [1.807, 2.05) is 35.2 Å². The third-order valence-electron chi connectivity index (χ3n) is 5.18. The summed E-state index contributed by atoms with van der Waals surface area (Å²) in [4.78, 5) is 17.5. The van der Waals surface area contributed by atoms with Gasteiger partial charge in [0.15, 0.2) is 0 Å². The van der Waals surface area contributed by atoms with Crippen LogP contribution in [0.4, 0.5) is 4.39 Å². The molecule has 0 unspecified atom stereocenters. The van der Waals surface area contributed by atoms with Crippen molar-refractivity contribution in [1.29, 1.82) is 0 Å². The molecule has 1 aromatic heterocycles. The molecule has 2 aromatic carbocycles. The number of rotatable bonds is 4. The fourth-order valence-electron chi connectivity index (χ4n) is 3.49. The fourth-order valence-corrected chi connectivity index (χ4v) is 3.49. The van der Waals surface area contributed by atoms with Crippen molar-refractivity contribution in [2.45, 2.75) is 6.92 Å². The average molecular weight is 378 g/mol. The molecule has 4 rings (SSSR count). The van der Waals surface area contributed by atoms with Gasteiger partial charge in [-0.3, -0.25) is 4.79 Å². The van der Waals surface area contributed by atoms with Gasteiger partial charge in [-0.05, 0) is 49.0 Å². The lowest BCUT2D eigenvalue weighted by molar-refractivity contribution is 0.0634. The molecule has 0 spiro atoms. The predicted octanol–water partition coefficient (Wildman–Crippen LogP) is 3.46. The first-order valence-electron chi connectivity index (χ1n) is 9.59. The van der Waals surface area contributed by atoms with E-state index in [1.165, 1.54) is 12.1 Å². The number of likely N-dealkylation sites (N-methyl/N-ethyl adjacent to an activating group) is 1. The van der Waals surface area contributed by atoms with E-state index in [9.17, 15) is 9.18 Å². The maximum Gasteiger partial charge on any atom is 0.272 e. The van der Waals surface area contributed by atoms with Gasteiger partial charge >= 0.3 is 0 Å². The maximum atomic E-state index is 13.3. The van der Waals surface area contributed by atoms with Crippen LogP contribution in [0.25, 0.3) is 16.9 Å². The maximum absolute atomic E-state index is 13.3. The summed E-state index contributed by atoms with van der Waals surface area (Å²) in [6.07, 6.45) is 0. The molecule has 0 bridgehead atoms. The lowest BCUT2D eigenvalue weighted by Gasteiger charge is -2.34. The molecule has 1 amide bonds. The highest BCUT2D eigenvalue weighted by molar-refractivity contribution is 5.94. The third-order valence-corrected chi connectivity index (χ3v) is 5.18. The summed E-state index contributed by atoms with van der Waals surface area (Å²) in [6, 6.07) is 17.6. The van der Waals surface area contributed by atoms with Crippen LogP contribution in [0.15, 0.2) is 60.7 Å². The van der Waals surface area contributed by atoms with Gasteiger partial charge in [0.25, 0.3) is 5.91 Å². The number of piperazine rings is 1. The smallest absolute Gasteiger partial charge is 0.272 e. The van der Waals surface area contributed by atoms with Crippen molar-refractivity contribution >= 4 is 5.91 Å². The zero-order valence-corrected chi connectivity index (χ0v) is 15.9. The van der Waals surface area contributed by atoms with Crippen molar-refractivity contribution < 1.29 is 9.18 Å². The Balaban J connectivity index is 1.70. The molecule has 0 N–H and O–H groups in total. The van der Waals surface area contributed by atoms with Gasteiger partial charge in [-0.2, -0.15) is 5.10 Å². The highest BCUT2D eigenvalue weighted by Gasteiger charge is 2.25. The molecule has 1 aliphatic rings. The second kappa shape index (κ2) is 7.94. The standard InChI is InChI=1S/C22H23FN4O/c1-2-25-12-14-26(15-13-25)22(28)21-16-20(17-8-10-18(23)11-9-17)24-27(21)19-6-4-3-5-7-19/h3-11,16H,2,12-15H2,1H3. The second-order valence-electron chi connectivity index (χ2n) is 6.90. The fraction of sp³-hybridized carbons (Fsp3) is 0.273. The predicted molar refractivity (Wildman–Crippen MR) is 107 cm³/mol. The molecule has 144 valence electrons. The van der Waals surface area contributed by atoms with Crippen LogP contribution in [0.1, 0.15) is 17.4 Å². The molecule has 1 fully saturated rings. The monoisotopic (exact) mass is 378 g/mol. The Kier molecular flexibility index (Phi) is 5.21. The molecule has 0 saturated carbocycles. The molecule has 0 aliphatic carbocycles. The summed E-state index contributed by atoms with van der Waals surface area (Å²) in [6.45, 7) is 6.31. The first-order chi connectivity index (χ1) is 13.7. The number of hydrogen-bond acceptors (Lipinski definition) is 3. The van der Waals surface area contributed by atoms with E-state index in [-0.39, 0.29) is 11.7 Å². The Labute approximate surface area is 164 Å². The van der Waals surface area contributed by atoms with Gasteiger partial charge in [-0.1, -0.05) is 25.1 Å². The van der Waals surface area contributed by atoms with E-state index < -0.39 is 0 Å². The van der Waals surface area contributed by atoms with Crippen LogP contribution in [0.2, 0.25) is 0 Å². The lowest BCUT2D eigenvalue weighted by atomic mass is 10.1. The summed E-state index contributed by atoms with van der Waals surface area (Å²) >= 11 is 0. The Morgan fingerprint density at radius 3 is 2.32 bits per heavy atom. The van der Waals surface area contributed by atoms with Gasteiger partial charge in [-0.25, -0.2) is 9.07 Å². The number of para-hydroxylation sites is 1. The lowest BCUT2D eigenvalue weighted by Crippen LogP contribution is -2.48. The van der Waals surface area contributed by atoms with Gasteiger partial charge in [-0.15, -0.1) is 0 Å². The van der Waals surface area contributed by atoms with E-state index in [1.54, 1.807) is 22.9 Å². The minimum atomic E-state index is -0.295. The Hall–Kier alpha value is -2.99. The van der Waals surface area contributed by atoms with Gasteiger partial charge in [0.2, 0.25) is 0 Å². The minimum absolute atomic E-state index is 0.0273. The van der Waals surface area contributed by atoms with E-state index in [2.05, 4.69) is 16.9 Å². The highest BCUT2D eigenvalue weighted by Crippen LogP contribution is 2.23. The van der Waals surface area contributed by atoms with Crippen LogP contribution in [0.3, 0.4) is 0 Å². The number of aromatic nitrogens is 2. The highest BCUT2D eigenvalue weighted by atomic mass is 19.1. The number of nitrogens with zero attached hydrogens (tertiary/aromatic N) is 4. The summed E-state index contributed by atoms with van der Waals surface area (Å²) < 4.78 is 15.0. The van der Waals surface area contributed by atoms with Crippen molar-refractivity contribution in [3.8, 4) is 16.9 Å². The number of carbonyl (C=O) groups is 1. The SMILES string of the molecule is CCN1CCN(C(=O)c2cc(-c3ccc(F)cc3)nn2-c2ccccc2)CC1. The molecular weight excluding hydrogens is 355 g/mol. The Morgan fingerprint density at radius 1 is 1.00 bits per heavy atom. The van der Waals surface area contributed by atoms with Crippen LogP contribution < -0.4 is 0 Å². The third kappa shape index (κ3) is 3.68. The van der Waals surface area contributed by atoms with E-state index >= 15 is 0 Å². The summed E-state index contributed by atoms with van der Waals surface area (Å²) in [5.74, 6) is -0.322. The second-order valence-corrected chi connectivity index (χ2v) is 6.90. The zero-order chi connectivity index (χ0) is 19.5. The minimum Gasteiger partial charge on any atom is -0.335 e. The molecule has 0 radical (unpaired) electrons. The Bertz CT molecular complexity index is 944. The molecule has 2 heterocycles.